The molecule has 88 valence electrons. The molecule has 0 amide bonds. The van der Waals surface area contributed by atoms with Crippen molar-refractivity contribution in [3.8, 4) is 0 Å². The number of allylic oxidation sites excluding steroid dienone is 6. The van der Waals surface area contributed by atoms with Crippen LogP contribution in [-0.2, 0) is 0 Å². The van der Waals surface area contributed by atoms with Crippen LogP contribution in [-0.4, -0.2) is 11.2 Å². The zero-order chi connectivity index (χ0) is 12.3. The average molecular weight is 285 g/mol. The number of hydrogen-bond donors (Lipinski definition) is 0. The van der Waals surface area contributed by atoms with Gasteiger partial charge >= 0.3 is 0 Å². The summed E-state index contributed by atoms with van der Waals surface area (Å²) in [7, 11) is 0. The molecule has 1 heterocycles. The summed E-state index contributed by atoms with van der Waals surface area (Å²) in [4.78, 5) is 12.5. The van der Waals surface area contributed by atoms with Crippen LogP contribution in [0.1, 0.15) is 16.1 Å². The predicted octanol–water partition coefficient (Wildman–Crippen LogP) is 4.55. The number of carbonyl (C=O) groups is 1. The van der Waals surface area contributed by atoms with Crippen LogP contribution < -0.4 is 0 Å². The smallest absolute Gasteiger partial charge is 0.195 e. The van der Waals surface area contributed by atoms with E-state index in [9.17, 15) is 4.79 Å². The van der Waals surface area contributed by atoms with Crippen molar-refractivity contribution < 1.29 is 4.79 Å². The SMILES string of the molecule is O=C(/C=C/C1=C(Cl)CC(Cl)C=C1)c1cccs1. The summed E-state index contributed by atoms with van der Waals surface area (Å²) in [6, 6.07) is 3.66. The van der Waals surface area contributed by atoms with Gasteiger partial charge in [0.15, 0.2) is 5.78 Å². The maximum Gasteiger partial charge on any atom is 0.195 e. The fourth-order valence-corrected chi connectivity index (χ4v) is 2.71. The van der Waals surface area contributed by atoms with Crippen LogP contribution in [0.15, 0.2) is 52.4 Å². The summed E-state index contributed by atoms with van der Waals surface area (Å²) in [5, 5.41) is 2.53. The maximum atomic E-state index is 11.7. The van der Waals surface area contributed by atoms with E-state index in [0.717, 1.165) is 10.5 Å². The van der Waals surface area contributed by atoms with E-state index in [2.05, 4.69) is 0 Å². The molecular weight excluding hydrogens is 275 g/mol. The Labute approximate surface area is 114 Å². The molecule has 0 aliphatic heterocycles. The van der Waals surface area contributed by atoms with Gasteiger partial charge in [0, 0.05) is 11.5 Å². The van der Waals surface area contributed by atoms with Crippen LogP contribution in [0.3, 0.4) is 0 Å². The molecule has 1 unspecified atom stereocenters. The van der Waals surface area contributed by atoms with Crippen molar-refractivity contribution in [2.24, 2.45) is 0 Å². The molecule has 0 saturated heterocycles. The molecule has 0 bridgehead atoms. The van der Waals surface area contributed by atoms with E-state index < -0.39 is 0 Å². The minimum Gasteiger partial charge on any atom is -0.288 e. The first-order valence-electron chi connectivity index (χ1n) is 5.13. The molecule has 0 N–H and O–H groups in total. The summed E-state index contributed by atoms with van der Waals surface area (Å²) in [6.07, 6.45) is 7.63. The maximum absolute atomic E-state index is 11.7. The van der Waals surface area contributed by atoms with Gasteiger partial charge in [0.2, 0.25) is 0 Å². The molecule has 1 nitrogen and oxygen atoms in total. The van der Waals surface area contributed by atoms with Gasteiger partial charge in [-0.3, -0.25) is 4.79 Å². The number of hydrogen-bond acceptors (Lipinski definition) is 2. The molecule has 2 rings (SSSR count). The van der Waals surface area contributed by atoms with E-state index in [1.807, 2.05) is 23.6 Å². The standard InChI is InChI=1S/C13H10Cl2OS/c14-10-5-3-9(11(15)8-10)4-6-12(16)13-2-1-7-17-13/h1-7,10H,8H2/b6-4+. The third-order valence-corrected chi connectivity index (χ3v) is 3.91. The molecule has 1 aromatic rings. The molecule has 17 heavy (non-hydrogen) atoms. The fourth-order valence-electron chi connectivity index (χ4n) is 1.47. The molecule has 0 radical (unpaired) electrons. The second-order valence-electron chi connectivity index (χ2n) is 3.61. The number of ketones is 1. The van der Waals surface area contributed by atoms with Gasteiger partial charge in [0.25, 0.3) is 0 Å². The monoisotopic (exact) mass is 284 g/mol. The van der Waals surface area contributed by atoms with Crippen LogP contribution in [0.25, 0.3) is 0 Å². The minimum atomic E-state index is -0.0485. The highest BCUT2D eigenvalue weighted by Crippen LogP contribution is 2.26. The van der Waals surface area contributed by atoms with Gasteiger partial charge in [-0.05, 0) is 29.2 Å². The molecule has 0 fully saturated rings. The molecule has 1 aliphatic rings. The molecule has 0 aromatic carbocycles. The van der Waals surface area contributed by atoms with Crippen molar-refractivity contribution >= 4 is 40.3 Å². The van der Waals surface area contributed by atoms with Gasteiger partial charge < -0.3 is 0 Å². The van der Waals surface area contributed by atoms with Gasteiger partial charge in [-0.25, -0.2) is 0 Å². The van der Waals surface area contributed by atoms with Gasteiger partial charge in [-0.15, -0.1) is 22.9 Å². The first-order chi connectivity index (χ1) is 8.16. The van der Waals surface area contributed by atoms with E-state index >= 15 is 0 Å². The molecule has 0 spiro atoms. The lowest BCUT2D eigenvalue weighted by atomic mass is 10.1. The molecule has 0 saturated carbocycles. The topological polar surface area (TPSA) is 17.1 Å². The molecular formula is C13H10Cl2OS. The Morgan fingerprint density at radius 3 is 3.00 bits per heavy atom. The largest absolute Gasteiger partial charge is 0.288 e. The Morgan fingerprint density at radius 1 is 1.53 bits per heavy atom. The highest BCUT2D eigenvalue weighted by atomic mass is 35.5. The minimum absolute atomic E-state index is 0.00152. The zero-order valence-electron chi connectivity index (χ0n) is 8.90. The first kappa shape index (κ1) is 12.6. The number of halogens is 2. The number of rotatable bonds is 3. The van der Waals surface area contributed by atoms with Crippen LogP contribution in [0.2, 0.25) is 0 Å². The molecule has 1 aromatic heterocycles. The van der Waals surface area contributed by atoms with Crippen LogP contribution >= 0.6 is 34.5 Å². The third-order valence-electron chi connectivity index (χ3n) is 2.35. The van der Waals surface area contributed by atoms with Gasteiger partial charge in [0.1, 0.15) is 0 Å². The van der Waals surface area contributed by atoms with Crippen molar-refractivity contribution in [2.75, 3.05) is 0 Å². The lowest BCUT2D eigenvalue weighted by Gasteiger charge is -2.11. The zero-order valence-corrected chi connectivity index (χ0v) is 11.2. The molecule has 4 heteroatoms. The first-order valence-corrected chi connectivity index (χ1v) is 6.83. The Hall–Kier alpha value is -0.830. The van der Waals surface area contributed by atoms with Crippen molar-refractivity contribution in [1.82, 2.24) is 0 Å². The lowest BCUT2D eigenvalue weighted by molar-refractivity contribution is 0.105. The van der Waals surface area contributed by atoms with Crippen molar-refractivity contribution in [2.45, 2.75) is 11.8 Å². The predicted molar refractivity (Wildman–Crippen MR) is 74.1 cm³/mol. The van der Waals surface area contributed by atoms with E-state index in [-0.39, 0.29) is 11.2 Å². The van der Waals surface area contributed by atoms with Gasteiger partial charge in [0.05, 0.1) is 10.3 Å². The average Bonchev–Trinajstić information content (AvgIpc) is 2.81. The Morgan fingerprint density at radius 2 is 2.35 bits per heavy atom. The lowest BCUT2D eigenvalue weighted by Crippen LogP contribution is -2.00. The van der Waals surface area contributed by atoms with E-state index in [1.165, 1.54) is 11.3 Å². The molecule has 1 aliphatic carbocycles. The number of alkyl halides is 1. The summed E-state index contributed by atoms with van der Waals surface area (Å²) in [5.74, 6) is -0.00152. The van der Waals surface area contributed by atoms with Gasteiger partial charge in [-0.2, -0.15) is 0 Å². The van der Waals surface area contributed by atoms with Crippen molar-refractivity contribution in [3.63, 3.8) is 0 Å². The second kappa shape index (κ2) is 5.67. The quantitative estimate of drug-likeness (QED) is 0.452. The third kappa shape index (κ3) is 3.32. The summed E-state index contributed by atoms with van der Waals surface area (Å²) < 4.78 is 0. The van der Waals surface area contributed by atoms with E-state index in [0.29, 0.717) is 11.5 Å². The van der Waals surface area contributed by atoms with Crippen LogP contribution in [0.4, 0.5) is 0 Å². The highest BCUT2D eigenvalue weighted by molar-refractivity contribution is 7.12. The Bertz CT molecular complexity index is 497. The fraction of sp³-hybridized carbons (Fsp3) is 0.154. The van der Waals surface area contributed by atoms with E-state index in [1.54, 1.807) is 18.2 Å². The number of thiophene rings is 1. The second-order valence-corrected chi connectivity index (χ2v) is 5.58. The van der Waals surface area contributed by atoms with E-state index in [4.69, 9.17) is 23.2 Å². The van der Waals surface area contributed by atoms with Crippen LogP contribution in [0, 0.1) is 0 Å². The number of carbonyl (C=O) groups excluding carboxylic acids is 1. The normalized spacial score (nSPS) is 20.2. The van der Waals surface area contributed by atoms with Crippen LogP contribution in [0.5, 0.6) is 0 Å². The summed E-state index contributed by atoms with van der Waals surface area (Å²) in [5.41, 5.74) is 0.855. The highest BCUT2D eigenvalue weighted by Gasteiger charge is 2.11. The van der Waals surface area contributed by atoms with Crippen molar-refractivity contribution in [1.29, 1.82) is 0 Å². The molecule has 1 atom stereocenters. The van der Waals surface area contributed by atoms with Gasteiger partial charge in [-0.1, -0.05) is 29.8 Å². The van der Waals surface area contributed by atoms with Crippen molar-refractivity contribution in [3.05, 3.63) is 57.3 Å². The summed E-state index contributed by atoms with van der Waals surface area (Å²) in [6.45, 7) is 0. The Kier molecular flexibility index (Phi) is 4.21. The summed E-state index contributed by atoms with van der Waals surface area (Å²) >= 11 is 13.4. The Balaban J connectivity index is 2.09.